The van der Waals surface area contributed by atoms with Crippen LogP contribution in [0.25, 0.3) is 0 Å². The normalized spacial score (nSPS) is 11.5. The Labute approximate surface area is 132 Å². The molecule has 1 aromatic carbocycles. The third kappa shape index (κ3) is 6.69. The van der Waals surface area contributed by atoms with E-state index in [1.165, 1.54) is 0 Å². The lowest BCUT2D eigenvalue weighted by Gasteiger charge is -2.25. The number of benzene rings is 1. The second-order valence-corrected chi connectivity index (χ2v) is 4.28. The summed E-state index contributed by atoms with van der Waals surface area (Å²) in [5, 5.41) is 0. The van der Waals surface area contributed by atoms with Gasteiger partial charge in [0.05, 0.1) is 7.11 Å². The number of hydrogen-bond donors (Lipinski definition) is 0. The van der Waals surface area contributed by atoms with Crippen LogP contribution in [0.4, 0.5) is 0 Å². The lowest BCUT2D eigenvalue weighted by atomic mass is 10.3. The third-order valence-corrected chi connectivity index (χ3v) is 3.03. The van der Waals surface area contributed by atoms with E-state index in [4.69, 9.17) is 14.2 Å². The van der Waals surface area contributed by atoms with E-state index in [1.54, 1.807) is 25.3 Å². The average Bonchev–Trinajstić information content (AvgIpc) is 2.46. The number of rotatable bonds is 8. The zero-order valence-corrected chi connectivity index (χ0v) is 13.8. The number of nitrogens with zero attached hydrogens (tertiary/aromatic N) is 1. The van der Waals surface area contributed by atoms with Crippen LogP contribution >= 0.6 is 12.4 Å². The van der Waals surface area contributed by atoms with Crippen molar-refractivity contribution >= 4 is 18.4 Å². The van der Waals surface area contributed by atoms with E-state index >= 15 is 0 Å². The number of esters is 1. The van der Waals surface area contributed by atoms with Crippen LogP contribution in [0.1, 0.15) is 20.8 Å². The van der Waals surface area contributed by atoms with E-state index < -0.39 is 0 Å². The first-order valence-electron chi connectivity index (χ1n) is 6.81. The minimum atomic E-state index is -0.382. The zero-order valence-electron chi connectivity index (χ0n) is 13.0. The predicted octanol–water partition coefficient (Wildman–Crippen LogP) is 2.73. The van der Waals surface area contributed by atoms with Gasteiger partial charge in [-0.1, -0.05) is 19.9 Å². The van der Waals surface area contributed by atoms with Crippen molar-refractivity contribution in [2.75, 3.05) is 26.8 Å². The molecule has 0 saturated heterocycles. The first kappa shape index (κ1) is 19.5. The summed E-state index contributed by atoms with van der Waals surface area (Å²) in [6.07, 6.45) is -0.244. The summed E-state index contributed by atoms with van der Waals surface area (Å²) in [5.74, 6) is 0.886. The molecule has 0 aromatic heterocycles. The van der Waals surface area contributed by atoms with Gasteiger partial charge < -0.3 is 14.2 Å². The molecule has 0 N–H and O–H groups in total. The minimum absolute atomic E-state index is 0. The van der Waals surface area contributed by atoms with Gasteiger partial charge in [-0.15, -0.1) is 12.4 Å². The Bertz CT molecular complexity index is 424. The van der Waals surface area contributed by atoms with Crippen LogP contribution in [0.15, 0.2) is 24.3 Å². The quantitative estimate of drug-likeness (QED) is 0.545. The zero-order chi connectivity index (χ0) is 15.0. The van der Waals surface area contributed by atoms with E-state index in [0.717, 1.165) is 13.1 Å². The van der Waals surface area contributed by atoms with Crippen LogP contribution in [0.3, 0.4) is 0 Å². The molecule has 0 aliphatic carbocycles. The van der Waals surface area contributed by atoms with Gasteiger partial charge >= 0.3 is 5.97 Å². The fraction of sp³-hybridized carbons (Fsp3) is 0.533. The molecule has 0 spiro atoms. The van der Waals surface area contributed by atoms with Gasteiger partial charge in [-0.3, -0.25) is 4.90 Å². The maximum absolute atomic E-state index is 11.7. The standard InChI is InChI=1S/C15H23NO4.ClH/c1-5-16(6-2)12(3)20-15(17)11-19-14-9-7-8-13(10-14)18-4;/h7-10,12H,5-6,11H2,1-4H3;1H. The molecule has 0 amide bonds. The van der Waals surface area contributed by atoms with E-state index in [9.17, 15) is 4.79 Å². The molecule has 5 nitrogen and oxygen atoms in total. The summed E-state index contributed by atoms with van der Waals surface area (Å²) >= 11 is 0. The van der Waals surface area contributed by atoms with Gasteiger partial charge in [0.2, 0.25) is 0 Å². The predicted molar refractivity (Wildman–Crippen MR) is 84.2 cm³/mol. The molecule has 0 aliphatic heterocycles. The van der Waals surface area contributed by atoms with Crippen LogP contribution in [0.5, 0.6) is 11.5 Å². The van der Waals surface area contributed by atoms with Gasteiger partial charge in [0.1, 0.15) is 11.5 Å². The van der Waals surface area contributed by atoms with Gasteiger partial charge in [-0.05, 0) is 32.1 Å². The smallest absolute Gasteiger partial charge is 0.345 e. The number of halogens is 1. The van der Waals surface area contributed by atoms with Crippen LogP contribution in [-0.2, 0) is 9.53 Å². The largest absolute Gasteiger partial charge is 0.497 e. The van der Waals surface area contributed by atoms with Crippen molar-refractivity contribution in [2.45, 2.75) is 27.0 Å². The lowest BCUT2D eigenvalue weighted by Crippen LogP contribution is -2.37. The summed E-state index contributed by atoms with van der Waals surface area (Å²) in [6, 6.07) is 7.11. The molecule has 0 radical (unpaired) electrons. The second kappa shape index (κ2) is 10.3. The highest BCUT2D eigenvalue weighted by atomic mass is 35.5. The van der Waals surface area contributed by atoms with Gasteiger partial charge in [0.25, 0.3) is 0 Å². The van der Waals surface area contributed by atoms with Crippen molar-refractivity contribution in [3.8, 4) is 11.5 Å². The van der Waals surface area contributed by atoms with Crippen molar-refractivity contribution in [1.29, 1.82) is 0 Å². The number of hydrogen-bond acceptors (Lipinski definition) is 5. The van der Waals surface area contributed by atoms with Gasteiger partial charge in [0.15, 0.2) is 12.8 Å². The van der Waals surface area contributed by atoms with Crippen molar-refractivity contribution < 1.29 is 19.0 Å². The summed E-state index contributed by atoms with van der Waals surface area (Å²) < 4.78 is 15.8. The maximum atomic E-state index is 11.7. The first-order valence-corrected chi connectivity index (χ1v) is 6.81. The van der Waals surface area contributed by atoms with E-state index in [0.29, 0.717) is 11.5 Å². The Morgan fingerprint density at radius 2 is 1.86 bits per heavy atom. The van der Waals surface area contributed by atoms with Crippen LogP contribution < -0.4 is 9.47 Å². The van der Waals surface area contributed by atoms with Crippen LogP contribution in [-0.4, -0.2) is 43.9 Å². The SMILES string of the molecule is CCN(CC)C(C)OC(=O)COc1cccc(OC)c1.Cl. The van der Waals surface area contributed by atoms with Crippen molar-refractivity contribution in [3.63, 3.8) is 0 Å². The van der Waals surface area contributed by atoms with Gasteiger partial charge in [0, 0.05) is 6.07 Å². The molecule has 120 valence electrons. The van der Waals surface area contributed by atoms with Gasteiger partial charge in [-0.25, -0.2) is 4.79 Å². The summed E-state index contributed by atoms with van der Waals surface area (Å²) in [4.78, 5) is 13.8. The molecule has 6 heteroatoms. The molecule has 1 rings (SSSR count). The Hall–Kier alpha value is -1.46. The minimum Gasteiger partial charge on any atom is -0.497 e. The summed E-state index contributed by atoms with van der Waals surface area (Å²) in [6.45, 7) is 7.47. The van der Waals surface area contributed by atoms with E-state index in [-0.39, 0.29) is 31.2 Å². The molecule has 1 aromatic rings. The van der Waals surface area contributed by atoms with E-state index in [2.05, 4.69) is 0 Å². The molecule has 0 saturated carbocycles. The van der Waals surface area contributed by atoms with E-state index in [1.807, 2.05) is 31.7 Å². The fourth-order valence-corrected chi connectivity index (χ4v) is 1.87. The van der Waals surface area contributed by atoms with Gasteiger partial charge in [-0.2, -0.15) is 0 Å². The molecule has 0 fully saturated rings. The molecule has 1 atom stereocenters. The molecule has 21 heavy (non-hydrogen) atoms. The van der Waals surface area contributed by atoms with Crippen molar-refractivity contribution in [2.24, 2.45) is 0 Å². The molecule has 0 bridgehead atoms. The Morgan fingerprint density at radius 3 is 2.43 bits per heavy atom. The molecular formula is C15H24ClNO4. The monoisotopic (exact) mass is 317 g/mol. The van der Waals surface area contributed by atoms with Crippen molar-refractivity contribution in [3.05, 3.63) is 24.3 Å². The summed E-state index contributed by atoms with van der Waals surface area (Å²) in [5.41, 5.74) is 0. The highest BCUT2D eigenvalue weighted by molar-refractivity contribution is 5.85. The molecular weight excluding hydrogens is 294 g/mol. The Morgan fingerprint density at radius 1 is 1.24 bits per heavy atom. The lowest BCUT2D eigenvalue weighted by molar-refractivity contribution is -0.159. The van der Waals surface area contributed by atoms with Crippen LogP contribution in [0.2, 0.25) is 0 Å². The topological polar surface area (TPSA) is 48.0 Å². The fourth-order valence-electron chi connectivity index (χ4n) is 1.87. The van der Waals surface area contributed by atoms with Crippen LogP contribution in [0, 0.1) is 0 Å². The highest BCUT2D eigenvalue weighted by Crippen LogP contribution is 2.18. The molecule has 1 unspecified atom stereocenters. The number of ether oxygens (including phenoxy) is 3. The molecule has 0 heterocycles. The molecule has 0 aliphatic rings. The maximum Gasteiger partial charge on any atom is 0.345 e. The first-order chi connectivity index (χ1) is 9.60. The Balaban J connectivity index is 0.00000400. The Kier molecular flexibility index (Phi) is 9.58. The van der Waals surface area contributed by atoms with Crippen molar-refractivity contribution in [1.82, 2.24) is 4.90 Å². The third-order valence-electron chi connectivity index (χ3n) is 3.03. The number of methoxy groups -OCH3 is 1. The number of carbonyl (C=O) groups is 1. The highest BCUT2D eigenvalue weighted by Gasteiger charge is 2.15. The second-order valence-electron chi connectivity index (χ2n) is 4.28. The number of carbonyl (C=O) groups excluding carboxylic acids is 1. The average molecular weight is 318 g/mol. The summed E-state index contributed by atoms with van der Waals surface area (Å²) in [7, 11) is 1.58.